The monoisotopic (exact) mass is 381 g/mol. The third-order valence-electron chi connectivity index (χ3n) is 4.21. The van der Waals surface area contributed by atoms with Gasteiger partial charge in [-0.2, -0.15) is 0 Å². The molecule has 4 rings (SSSR count). The summed E-state index contributed by atoms with van der Waals surface area (Å²) in [6.07, 6.45) is 2.75. The summed E-state index contributed by atoms with van der Waals surface area (Å²) in [6.45, 7) is 0. The second-order valence-corrected chi connectivity index (χ2v) is 8.32. The van der Waals surface area contributed by atoms with Gasteiger partial charge in [0.05, 0.1) is 5.56 Å². The van der Waals surface area contributed by atoms with Crippen molar-refractivity contribution in [2.24, 2.45) is 4.99 Å². The number of phenols is 1. The van der Waals surface area contributed by atoms with Crippen LogP contribution < -0.4 is 0 Å². The second kappa shape index (κ2) is 7.13. The Morgan fingerprint density at radius 1 is 1.12 bits per heavy atom. The maximum absolute atomic E-state index is 12.3. The molecule has 2 aliphatic heterocycles. The first kappa shape index (κ1) is 17.1. The predicted molar refractivity (Wildman–Crippen MR) is 105 cm³/mol. The molecule has 0 saturated carbocycles. The molecule has 0 aromatic heterocycles. The molecule has 130 valence electrons. The molecule has 2 aromatic rings. The number of allylic oxidation sites excluding steroid dienone is 1. The number of carbonyl (C=O) groups excluding carboxylic acids is 2. The minimum absolute atomic E-state index is 0.0382. The molecule has 0 aliphatic carbocycles. The van der Waals surface area contributed by atoms with E-state index < -0.39 is 0 Å². The van der Waals surface area contributed by atoms with E-state index in [2.05, 4.69) is 4.99 Å². The molecular weight excluding hydrogens is 366 g/mol. The molecule has 2 heterocycles. The predicted octanol–water partition coefficient (Wildman–Crippen LogP) is 4.43. The van der Waals surface area contributed by atoms with Crippen LogP contribution in [0.2, 0.25) is 0 Å². The highest BCUT2D eigenvalue weighted by Gasteiger charge is 2.29. The van der Waals surface area contributed by atoms with E-state index in [4.69, 9.17) is 0 Å². The lowest BCUT2D eigenvalue weighted by Crippen LogP contribution is -2.17. The normalized spacial score (nSPS) is 21.0. The Hall–Kier alpha value is -2.31. The van der Waals surface area contributed by atoms with Crippen LogP contribution in [0.25, 0.3) is 0 Å². The van der Waals surface area contributed by atoms with Crippen LogP contribution in [0.5, 0.6) is 5.75 Å². The third kappa shape index (κ3) is 3.34. The van der Waals surface area contributed by atoms with Crippen molar-refractivity contribution < 1.29 is 14.7 Å². The van der Waals surface area contributed by atoms with E-state index in [0.717, 1.165) is 22.2 Å². The molecule has 0 saturated heterocycles. The number of aliphatic imine (C=N–C) groups is 1. The maximum Gasteiger partial charge on any atom is 0.243 e. The van der Waals surface area contributed by atoms with Gasteiger partial charge < -0.3 is 5.11 Å². The molecule has 0 amide bonds. The first-order valence-electron chi connectivity index (χ1n) is 8.20. The van der Waals surface area contributed by atoms with Crippen LogP contribution in [-0.2, 0) is 4.79 Å². The molecule has 1 atom stereocenters. The molecular formula is C20H15NO3S2. The molecule has 1 N–H and O–H groups in total. The average molecular weight is 381 g/mol. The number of phenolic OH excluding ortho intramolecular Hbond substituents is 1. The summed E-state index contributed by atoms with van der Waals surface area (Å²) in [5.41, 5.74) is 1.79. The number of Topliss-reactive ketones (excluding diaryl/α,β-unsaturated/α-hetero) is 1. The highest BCUT2D eigenvalue weighted by molar-refractivity contribution is 8.27. The number of thioether (sulfide) groups is 2. The molecule has 0 bridgehead atoms. The fraction of sp³-hybridized carbons (Fsp3) is 0.150. The van der Waals surface area contributed by atoms with E-state index in [0.29, 0.717) is 29.1 Å². The van der Waals surface area contributed by atoms with E-state index in [1.54, 1.807) is 17.8 Å². The van der Waals surface area contributed by atoms with Crippen LogP contribution in [-0.4, -0.2) is 26.3 Å². The Labute approximate surface area is 159 Å². The molecule has 2 aromatic carbocycles. The van der Waals surface area contributed by atoms with E-state index in [-0.39, 0.29) is 21.9 Å². The van der Waals surface area contributed by atoms with Crippen LogP contribution in [0.15, 0.2) is 70.2 Å². The topological polar surface area (TPSA) is 66.7 Å². The number of fused-ring (bicyclic) bond motifs is 1. The van der Waals surface area contributed by atoms with Crippen molar-refractivity contribution in [1.29, 1.82) is 0 Å². The van der Waals surface area contributed by atoms with E-state index >= 15 is 0 Å². The van der Waals surface area contributed by atoms with Crippen molar-refractivity contribution in [3.05, 3.63) is 71.4 Å². The smallest absolute Gasteiger partial charge is 0.243 e. The van der Waals surface area contributed by atoms with Crippen molar-refractivity contribution in [2.75, 3.05) is 0 Å². The lowest BCUT2D eigenvalue weighted by molar-refractivity contribution is -0.107. The van der Waals surface area contributed by atoms with E-state index in [1.807, 2.05) is 42.5 Å². The molecule has 6 heteroatoms. The fourth-order valence-electron chi connectivity index (χ4n) is 2.95. The average Bonchev–Trinajstić information content (AvgIpc) is 3.01. The van der Waals surface area contributed by atoms with Gasteiger partial charge in [-0.15, -0.1) is 11.8 Å². The summed E-state index contributed by atoms with van der Waals surface area (Å²) in [7, 11) is 0. The SMILES string of the molecule is O=C1SC(c2ccccc2)=NC1=CCC1CC(=O)c2c(O)cccc2S1. The number of hydrogen-bond donors (Lipinski definition) is 1. The number of rotatable bonds is 3. The molecule has 1 unspecified atom stereocenters. The third-order valence-corrected chi connectivity index (χ3v) is 6.41. The van der Waals surface area contributed by atoms with Gasteiger partial charge in [-0.05, 0) is 30.3 Å². The summed E-state index contributed by atoms with van der Waals surface area (Å²) in [6, 6.07) is 14.7. The van der Waals surface area contributed by atoms with Crippen molar-refractivity contribution in [1.82, 2.24) is 0 Å². The zero-order valence-corrected chi connectivity index (χ0v) is 15.3. The summed E-state index contributed by atoms with van der Waals surface area (Å²) in [5, 5.41) is 10.6. The van der Waals surface area contributed by atoms with Gasteiger partial charge in [0.2, 0.25) is 5.12 Å². The van der Waals surface area contributed by atoms with E-state index in [1.165, 1.54) is 6.07 Å². The Morgan fingerprint density at radius 3 is 2.73 bits per heavy atom. The van der Waals surface area contributed by atoms with Crippen molar-refractivity contribution >= 4 is 39.5 Å². The minimum Gasteiger partial charge on any atom is -0.507 e. The zero-order chi connectivity index (χ0) is 18.1. The number of benzene rings is 2. The lowest BCUT2D eigenvalue weighted by atomic mass is 10.0. The van der Waals surface area contributed by atoms with Crippen LogP contribution >= 0.6 is 23.5 Å². The molecule has 0 spiro atoms. The maximum atomic E-state index is 12.3. The number of carbonyl (C=O) groups is 2. The number of hydrogen-bond acceptors (Lipinski definition) is 6. The summed E-state index contributed by atoms with van der Waals surface area (Å²) in [5.74, 6) is -0.0165. The zero-order valence-electron chi connectivity index (χ0n) is 13.7. The van der Waals surface area contributed by atoms with Gasteiger partial charge in [0.15, 0.2) is 5.78 Å². The number of aromatic hydroxyl groups is 1. The van der Waals surface area contributed by atoms with Gasteiger partial charge in [-0.3, -0.25) is 9.59 Å². The van der Waals surface area contributed by atoms with Gasteiger partial charge >= 0.3 is 0 Å². The molecule has 0 fully saturated rings. The van der Waals surface area contributed by atoms with Crippen molar-refractivity contribution in [3.63, 3.8) is 0 Å². The molecule has 4 nitrogen and oxygen atoms in total. The Bertz CT molecular complexity index is 951. The van der Waals surface area contributed by atoms with Crippen LogP contribution in [0.1, 0.15) is 28.8 Å². The van der Waals surface area contributed by atoms with Gasteiger partial charge in [0, 0.05) is 22.1 Å². The Balaban J connectivity index is 1.51. The highest BCUT2D eigenvalue weighted by atomic mass is 32.2. The van der Waals surface area contributed by atoms with Crippen LogP contribution in [0.4, 0.5) is 0 Å². The van der Waals surface area contributed by atoms with Crippen molar-refractivity contribution in [2.45, 2.75) is 23.0 Å². The Kier molecular flexibility index (Phi) is 4.70. The van der Waals surface area contributed by atoms with Crippen LogP contribution in [0.3, 0.4) is 0 Å². The number of ketones is 1. The molecule has 26 heavy (non-hydrogen) atoms. The molecule has 2 aliphatic rings. The first-order chi connectivity index (χ1) is 12.6. The van der Waals surface area contributed by atoms with E-state index in [9.17, 15) is 14.7 Å². The molecule has 0 radical (unpaired) electrons. The summed E-state index contributed by atoms with van der Waals surface area (Å²) < 4.78 is 0. The minimum atomic E-state index is -0.0611. The Morgan fingerprint density at radius 2 is 1.92 bits per heavy atom. The van der Waals surface area contributed by atoms with Crippen molar-refractivity contribution in [3.8, 4) is 5.75 Å². The quantitative estimate of drug-likeness (QED) is 0.797. The summed E-state index contributed by atoms with van der Waals surface area (Å²) in [4.78, 5) is 29.8. The van der Waals surface area contributed by atoms with Gasteiger partial charge in [0.25, 0.3) is 0 Å². The highest BCUT2D eigenvalue weighted by Crippen LogP contribution is 2.41. The van der Waals surface area contributed by atoms with Gasteiger partial charge in [-0.1, -0.05) is 42.5 Å². The lowest BCUT2D eigenvalue weighted by Gasteiger charge is -2.22. The summed E-state index contributed by atoms with van der Waals surface area (Å²) >= 11 is 2.71. The van der Waals surface area contributed by atoms with Gasteiger partial charge in [0.1, 0.15) is 16.5 Å². The number of nitrogens with zero attached hydrogens (tertiary/aromatic N) is 1. The fourth-order valence-corrected chi connectivity index (χ4v) is 5.04. The van der Waals surface area contributed by atoms with Gasteiger partial charge in [-0.25, -0.2) is 4.99 Å². The largest absolute Gasteiger partial charge is 0.507 e. The second-order valence-electron chi connectivity index (χ2n) is 6.02. The van der Waals surface area contributed by atoms with Crippen LogP contribution in [0, 0.1) is 0 Å². The first-order valence-corrected chi connectivity index (χ1v) is 9.89. The standard InChI is InChI=1S/C20H15NO3S2/c22-15-7-4-8-17-18(15)16(23)11-13(25-17)9-10-14-20(24)26-19(21-14)12-5-2-1-3-6-12/h1-8,10,13,22H,9,11H2.